The molecule has 5 nitrogen and oxygen atoms in total. The van der Waals surface area contributed by atoms with Crippen molar-refractivity contribution in [1.29, 1.82) is 0 Å². The number of hydrogen-bond acceptors (Lipinski definition) is 5. The molecule has 1 heterocycles. The smallest absolute Gasteiger partial charge is 0.223 e. The van der Waals surface area contributed by atoms with Crippen molar-refractivity contribution in [2.24, 2.45) is 0 Å². The van der Waals surface area contributed by atoms with Crippen LogP contribution >= 0.6 is 23.2 Å². The number of rotatable bonds is 4. The quantitative estimate of drug-likeness (QED) is 0.755. The molecule has 1 aromatic carbocycles. The average Bonchev–Trinajstić information content (AvgIpc) is 2.36. The van der Waals surface area contributed by atoms with E-state index < -0.39 is 6.10 Å². The predicted molar refractivity (Wildman–Crippen MR) is 76.4 cm³/mol. The van der Waals surface area contributed by atoms with Crippen LogP contribution in [0.3, 0.4) is 0 Å². The molecule has 0 spiro atoms. The zero-order chi connectivity index (χ0) is 13.8. The Hall–Kier alpha value is -1.56. The summed E-state index contributed by atoms with van der Waals surface area (Å²) in [4.78, 5) is 7.70. The molecule has 0 amide bonds. The fraction of sp³-hybridized carbons (Fsp3) is 0.167. The molecule has 1 aromatic heterocycles. The van der Waals surface area contributed by atoms with Gasteiger partial charge >= 0.3 is 0 Å². The fourth-order valence-electron chi connectivity index (χ4n) is 1.53. The van der Waals surface area contributed by atoms with Gasteiger partial charge in [0.05, 0.1) is 6.10 Å². The highest BCUT2D eigenvalue weighted by atomic mass is 35.5. The van der Waals surface area contributed by atoms with Gasteiger partial charge in [0.2, 0.25) is 5.95 Å². The average molecular weight is 299 g/mol. The topological polar surface area (TPSA) is 84.1 Å². The summed E-state index contributed by atoms with van der Waals surface area (Å²) in [5.41, 5.74) is 6.22. The first kappa shape index (κ1) is 13.9. The van der Waals surface area contributed by atoms with Gasteiger partial charge in [-0.3, -0.25) is 0 Å². The Balaban J connectivity index is 1.99. The third-order valence-electron chi connectivity index (χ3n) is 2.44. The minimum absolute atomic E-state index is 0.0796. The molecule has 0 fully saturated rings. The zero-order valence-electron chi connectivity index (χ0n) is 9.85. The highest BCUT2D eigenvalue weighted by Crippen LogP contribution is 2.18. The van der Waals surface area contributed by atoms with Gasteiger partial charge in [-0.25, -0.2) is 4.98 Å². The molecule has 7 heteroatoms. The molecule has 2 aromatic rings. The third-order valence-corrected chi connectivity index (χ3v) is 2.89. The van der Waals surface area contributed by atoms with Crippen molar-refractivity contribution < 1.29 is 5.11 Å². The normalized spacial score (nSPS) is 12.2. The van der Waals surface area contributed by atoms with Crippen LogP contribution in [0.4, 0.5) is 11.8 Å². The van der Waals surface area contributed by atoms with Gasteiger partial charge in [0.15, 0.2) is 0 Å². The fourth-order valence-corrected chi connectivity index (χ4v) is 1.85. The third kappa shape index (κ3) is 3.96. The summed E-state index contributed by atoms with van der Waals surface area (Å²) in [5.74, 6) is 0.543. The van der Waals surface area contributed by atoms with Crippen LogP contribution in [-0.2, 0) is 0 Å². The molecular weight excluding hydrogens is 287 g/mol. The Bertz CT molecular complexity index is 542. The van der Waals surface area contributed by atoms with Crippen molar-refractivity contribution >= 4 is 35.0 Å². The molecule has 0 bridgehead atoms. The summed E-state index contributed by atoms with van der Waals surface area (Å²) in [6.07, 6.45) is -0.688. The van der Waals surface area contributed by atoms with Gasteiger partial charge in [-0.2, -0.15) is 4.98 Å². The molecule has 0 unspecified atom stereocenters. The number of aliphatic hydroxyl groups excluding tert-OH is 1. The second-order valence-corrected chi connectivity index (χ2v) is 4.71. The van der Waals surface area contributed by atoms with Crippen LogP contribution < -0.4 is 11.1 Å². The minimum atomic E-state index is -0.688. The van der Waals surface area contributed by atoms with Gasteiger partial charge in [0, 0.05) is 17.6 Å². The molecular formula is C12H12Cl2N4O. The maximum atomic E-state index is 10.00. The lowest BCUT2D eigenvalue weighted by Crippen LogP contribution is -2.13. The Labute approximate surface area is 120 Å². The standard InChI is InChI=1S/C12H12Cl2N4O/c13-8-3-1-7(2-4-8)9(19)6-16-11-5-10(14)17-12(15)18-11/h1-5,9,19H,6H2,(H3,15,16,17,18)/t9-/m1/s1. The summed E-state index contributed by atoms with van der Waals surface area (Å²) in [6, 6.07) is 8.50. The van der Waals surface area contributed by atoms with E-state index in [2.05, 4.69) is 15.3 Å². The van der Waals surface area contributed by atoms with Crippen molar-refractivity contribution in [3.05, 3.63) is 46.1 Å². The number of anilines is 2. The minimum Gasteiger partial charge on any atom is -0.387 e. The summed E-state index contributed by atoms with van der Waals surface area (Å²) >= 11 is 11.5. The summed E-state index contributed by atoms with van der Waals surface area (Å²) in [6.45, 7) is 0.272. The summed E-state index contributed by atoms with van der Waals surface area (Å²) in [5, 5.41) is 13.8. The van der Waals surface area contributed by atoms with E-state index in [-0.39, 0.29) is 17.6 Å². The molecule has 2 rings (SSSR count). The van der Waals surface area contributed by atoms with E-state index in [4.69, 9.17) is 28.9 Å². The Morgan fingerprint density at radius 2 is 1.89 bits per heavy atom. The second kappa shape index (κ2) is 6.06. The van der Waals surface area contributed by atoms with Crippen LogP contribution in [0.1, 0.15) is 11.7 Å². The molecule has 0 saturated carbocycles. The van der Waals surface area contributed by atoms with Crippen molar-refractivity contribution in [3.63, 3.8) is 0 Å². The zero-order valence-corrected chi connectivity index (χ0v) is 11.4. The number of aliphatic hydroxyl groups is 1. The van der Waals surface area contributed by atoms with Crippen LogP contribution in [0, 0.1) is 0 Å². The van der Waals surface area contributed by atoms with E-state index >= 15 is 0 Å². The molecule has 0 aliphatic rings. The largest absolute Gasteiger partial charge is 0.387 e. The highest BCUT2D eigenvalue weighted by Gasteiger charge is 2.08. The van der Waals surface area contributed by atoms with E-state index in [0.717, 1.165) is 5.56 Å². The molecule has 1 atom stereocenters. The number of nitrogens with one attached hydrogen (secondary N) is 1. The van der Waals surface area contributed by atoms with Crippen molar-refractivity contribution in [2.45, 2.75) is 6.10 Å². The molecule has 0 radical (unpaired) electrons. The monoisotopic (exact) mass is 298 g/mol. The molecule has 0 saturated heterocycles. The molecule has 0 aliphatic carbocycles. The number of nitrogens with zero attached hydrogens (tertiary/aromatic N) is 2. The Kier molecular flexibility index (Phi) is 4.42. The van der Waals surface area contributed by atoms with Gasteiger partial charge in [-0.15, -0.1) is 0 Å². The van der Waals surface area contributed by atoms with Gasteiger partial charge in [0.1, 0.15) is 11.0 Å². The van der Waals surface area contributed by atoms with Crippen LogP contribution in [0.15, 0.2) is 30.3 Å². The SMILES string of the molecule is Nc1nc(Cl)cc(NC[C@@H](O)c2ccc(Cl)cc2)n1. The van der Waals surface area contributed by atoms with E-state index in [1.54, 1.807) is 24.3 Å². The predicted octanol–water partition coefficient (Wildman–Crippen LogP) is 2.51. The first-order valence-electron chi connectivity index (χ1n) is 5.52. The van der Waals surface area contributed by atoms with Crippen molar-refractivity contribution in [1.82, 2.24) is 9.97 Å². The number of nitrogen functional groups attached to an aromatic ring is 1. The van der Waals surface area contributed by atoms with E-state index in [0.29, 0.717) is 10.8 Å². The lowest BCUT2D eigenvalue weighted by Gasteiger charge is -2.13. The van der Waals surface area contributed by atoms with Crippen molar-refractivity contribution in [3.8, 4) is 0 Å². The van der Waals surface area contributed by atoms with Gasteiger partial charge in [-0.1, -0.05) is 35.3 Å². The van der Waals surface area contributed by atoms with Crippen LogP contribution in [0.25, 0.3) is 0 Å². The second-order valence-electron chi connectivity index (χ2n) is 3.88. The van der Waals surface area contributed by atoms with Crippen LogP contribution in [0.5, 0.6) is 0 Å². The van der Waals surface area contributed by atoms with E-state index in [9.17, 15) is 5.11 Å². The maximum absolute atomic E-state index is 10.00. The van der Waals surface area contributed by atoms with Gasteiger partial charge in [-0.05, 0) is 17.7 Å². The molecule has 4 N–H and O–H groups in total. The number of benzene rings is 1. The molecule has 19 heavy (non-hydrogen) atoms. The Morgan fingerprint density at radius 3 is 2.53 bits per heavy atom. The summed E-state index contributed by atoms with van der Waals surface area (Å²) < 4.78 is 0. The van der Waals surface area contributed by atoms with Crippen LogP contribution in [0.2, 0.25) is 10.2 Å². The molecule has 100 valence electrons. The van der Waals surface area contributed by atoms with Gasteiger partial charge in [0.25, 0.3) is 0 Å². The number of halogens is 2. The Morgan fingerprint density at radius 1 is 1.21 bits per heavy atom. The first-order valence-corrected chi connectivity index (χ1v) is 6.27. The lowest BCUT2D eigenvalue weighted by molar-refractivity contribution is 0.191. The highest BCUT2D eigenvalue weighted by molar-refractivity contribution is 6.30. The number of nitrogens with two attached hydrogens (primary N) is 1. The summed E-state index contributed by atoms with van der Waals surface area (Å²) in [7, 11) is 0. The first-order chi connectivity index (χ1) is 9.04. The molecule has 0 aliphatic heterocycles. The van der Waals surface area contributed by atoms with Crippen LogP contribution in [-0.4, -0.2) is 21.6 Å². The van der Waals surface area contributed by atoms with Gasteiger partial charge < -0.3 is 16.2 Å². The number of aromatic nitrogens is 2. The number of hydrogen-bond donors (Lipinski definition) is 3. The van der Waals surface area contributed by atoms with E-state index in [1.807, 2.05) is 0 Å². The van der Waals surface area contributed by atoms with Crippen molar-refractivity contribution in [2.75, 3.05) is 17.6 Å². The lowest BCUT2D eigenvalue weighted by atomic mass is 10.1. The van der Waals surface area contributed by atoms with E-state index in [1.165, 1.54) is 6.07 Å². The maximum Gasteiger partial charge on any atom is 0.223 e.